The molecule has 0 bridgehead atoms. The van der Waals surface area contributed by atoms with E-state index in [0.717, 1.165) is 47.0 Å². The van der Waals surface area contributed by atoms with E-state index < -0.39 is 0 Å². The Bertz CT molecular complexity index is 1020. The Morgan fingerprint density at radius 1 is 0.300 bits per heavy atom. The number of hydrogen-bond donors (Lipinski definition) is 0. The SMILES string of the molecule is CCCCCCCCCCCCCCCc1ccc(-c2ccc(CCCCCCCCCCCCCCC)c(OC)c2OC)c(OC)c1OC. The summed E-state index contributed by atoms with van der Waals surface area (Å²) in [5.74, 6) is 3.20. The van der Waals surface area contributed by atoms with Crippen molar-refractivity contribution in [3.05, 3.63) is 35.4 Å². The summed E-state index contributed by atoms with van der Waals surface area (Å²) in [6, 6.07) is 8.76. The Kier molecular flexibility index (Phi) is 25.6. The highest BCUT2D eigenvalue weighted by molar-refractivity contribution is 5.82. The topological polar surface area (TPSA) is 36.9 Å². The number of methoxy groups -OCH3 is 4. The Morgan fingerprint density at radius 3 is 0.780 bits per heavy atom. The lowest BCUT2D eigenvalue weighted by Crippen LogP contribution is -2.02. The predicted molar refractivity (Wildman–Crippen MR) is 217 cm³/mol. The molecule has 4 nitrogen and oxygen atoms in total. The van der Waals surface area contributed by atoms with E-state index in [2.05, 4.69) is 38.1 Å². The fraction of sp³-hybridized carbons (Fsp3) is 0.739. The molecule has 2 aromatic rings. The number of rotatable bonds is 33. The summed E-state index contributed by atoms with van der Waals surface area (Å²) in [7, 11) is 6.99. The van der Waals surface area contributed by atoms with Crippen LogP contribution in [-0.4, -0.2) is 28.4 Å². The fourth-order valence-corrected chi connectivity index (χ4v) is 7.54. The highest BCUT2D eigenvalue weighted by atomic mass is 16.5. The van der Waals surface area contributed by atoms with Crippen molar-refractivity contribution in [3.63, 3.8) is 0 Å². The van der Waals surface area contributed by atoms with Gasteiger partial charge < -0.3 is 18.9 Å². The van der Waals surface area contributed by atoms with Crippen LogP contribution in [0.15, 0.2) is 24.3 Å². The van der Waals surface area contributed by atoms with Crippen molar-refractivity contribution < 1.29 is 18.9 Å². The van der Waals surface area contributed by atoms with Gasteiger partial charge >= 0.3 is 0 Å². The number of hydrogen-bond acceptors (Lipinski definition) is 4. The lowest BCUT2D eigenvalue weighted by molar-refractivity contribution is 0.348. The van der Waals surface area contributed by atoms with Crippen LogP contribution in [0.4, 0.5) is 0 Å². The molecule has 0 atom stereocenters. The molecule has 0 aliphatic heterocycles. The molecule has 0 aliphatic carbocycles. The third-order valence-electron chi connectivity index (χ3n) is 10.6. The molecular formula is C46H78O4. The molecule has 0 saturated carbocycles. The number of aryl methyl sites for hydroxylation is 2. The minimum Gasteiger partial charge on any atom is -0.493 e. The molecule has 0 spiro atoms. The first-order chi connectivity index (χ1) is 24.7. The maximum Gasteiger partial charge on any atom is 0.168 e. The summed E-state index contributed by atoms with van der Waals surface area (Å²) in [6.07, 6.45) is 37.4. The molecule has 0 fully saturated rings. The van der Waals surface area contributed by atoms with Gasteiger partial charge in [0.25, 0.3) is 0 Å². The monoisotopic (exact) mass is 695 g/mol. The standard InChI is InChI=1S/C46H78O4/c1-7-9-11-13-15-17-19-21-23-25-27-29-31-33-39-35-37-41(45(49-5)43(39)47-3)42-38-36-40(44(48-4)46(42)50-6)34-32-30-28-26-24-22-20-18-16-14-12-10-8-2/h35-38H,7-34H2,1-6H3. The summed E-state index contributed by atoms with van der Waals surface area (Å²) in [6.45, 7) is 4.58. The summed E-state index contributed by atoms with van der Waals surface area (Å²) >= 11 is 0. The van der Waals surface area contributed by atoms with Gasteiger partial charge in [0.05, 0.1) is 28.4 Å². The molecule has 2 aromatic carbocycles. The first-order valence-electron chi connectivity index (χ1n) is 21.1. The van der Waals surface area contributed by atoms with Crippen molar-refractivity contribution in [2.45, 2.75) is 194 Å². The Morgan fingerprint density at radius 2 is 0.540 bits per heavy atom. The van der Waals surface area contributed by atoms with Crippen molar-refractivity contribution in [3.8, 4) is 34.1 Å². The first kappa shape index (κ1) is 43.8. The van der Waals surface area contributed by atoms with Crippen LogP contribution in [0.3, 0.4) is 0 Å². The summed E-state index contributed by atoms with van der Waals surface area (Å²) < 4.78 is 24.0. The van der Waals surface area contributed by atoms with Crippen molar-refractivity contribution in [1.29, 1.82) is 0 Å². The van der Waals surface area contributed by atoms with Crippen LogP contribution in [-0.2, 0) is 12.8 Å². The van der Waals surface area contributed by atoms with Gasteiger partial charge in [-0.3, -0.25) is 0 Å². The van der Waals surface area contributed by atoms with Crippen molar-refractivity contribution >= 4 is 0 Å². The molecule has 0 aliphatic rings. The molecule has 0 heterocycles. The van der Waals surface area contributed by atoms with E-state index in [1.165, 1.54) is 178 Å². The van der Waals surface area contributed by atoms with Crippen molar-refractivity contribution in [2.75, 3.05) is 28.4 Å². The second-order valence-electron chi connectivity index (χ2n) is 14.7. The Hall–Kier alpha value is -2.36. The van der Waals surface area contributed by atoms with Crippen LogP contribution < -0.4 is 18.9 Å². The number of ether oxygens (including phenoxy) is 4. The average molecular weight is 695 g/mol. The lowest BCUT2D eigenvalue weighted by Gasteiger charge is -2.20. The molecule has 0 N–H and O–H groups in total. The van der Waals surface area contributed by atoms with Gasteiger partial charge in [0.15, 0.2) is 23.0 Å². The largest absolute Gasteiger partial charge is 0.493 e. The van der Waals surface area contributed by atoms with E-state index >= 15 is 0 Å². The van der Waals surface area contributed by atoms with Gasteiger partial charge in [-0.05, 0) is 48.9 Å². The van der Waals surface area contributed by atoms with Gasteiger partial charge in [0.1, 0.15) is 0 Å². The number of unbranched alkanes of at least 4 members (excludes halogenated alkanes) is 24. The maximum absolute atomic E-state index is 6.02. The first-order valence-corrected chi connectivity index (χ1v) is 21.1. The predicted octanol–water partition coefficient (Wildman–Crippen LogP) is 14.7. The summed E-state index contributed by atoms with van der Waals surface area (Å²) in [4.78, 5) is 0. The molecule has 286 valence electrons. The highest BCUT2D eigenvalue weighted by Crippen LogP contribution is 2.48. The molecule has 0 amide bonds. The van der Waals surface area contributed by atoms with Crippen molar-refractivity contribution in [2.24, 2.45) is 0 Å². The third kappa shape index (κ3) is 16.8. The molecule has 50 heavy (non-hydrogen) atoms. The zero-order chi connectivity index (χ0) is 36.1. The third-order valence-corrected chi connectivity index (χ3v) is 10.6. The van der Waals surface area contributed by atoms with Gasteiger partial charge in [0, 0.05) is 11.1 Å². The van der Waals surface area contributed by atoms with Crippen LogP contribution in [0.1, 0.15) is 192 Å². The zero-order valence-corrected chi connectivity index (χ0v) is 33.7. The molecule has 0 aromatic heterocycles. The molecular weight excluding hydrogens is 617 g/mol. The molecule has 4 heteroatoms. The molecule has 0 unspecified atom stereocenters. The summed E-state index contributed by atoms with van der Waals surface area (Å²) in [5.41, 5.74) is 4.37. The lowest BCUT2D eigenvalue weighted by atomic mass is 9.95. The van der Waals surface area contributed by atoms with E-state index in [1.807, 2.05) is 0 Å². The fourth-order valence-electron chi connectivity index (χ4n) is 7.54. The molecule has 0 saturated heterocycles. The van der Waals surface area contributed by atoms with Crippen LogP contribution in [0.5, 0.6) is 23.0 Å². The van der Waals surface area contributed by atoms with E-state index in [4.69, 9.17) is 18.9 Å². The van der Waals surface area contributed by atoms with E-state index in [9.17, 15) is 0 Å². The normalized spacial score (nSPS) is 11.2. The van der Waals surface area contributed by atoms with Gasteiger partial charge in [-0.25, -0.2) is 0 Å². The van der Waals surface area contributed by atoms with Gasteiger partial charge in [-0.2, -0.15) is 0 Å². The maximum atomic E-state index is 6.02. The van der Waals surface area contributed by atoms with Crippen molar-refractivity contribution in [1.82, 2.24) is 0 Å². The number of benzene rings is 2. The minimum atomic E-state index is 0.768. The van der Waals surface area contributed by atoms with Gasteiger partial charge in [0.2, 0.25) is 0 Å². The highest BCUT2D eigenvalue weighted by Gasteiger charge is 2.22. The zero-order valence-electron chi connectivity index (χ0n) is 33.7. The second-order valence-corrected chi connectivity index (χ2v) is 14.7. The summed E-state index contributed by atoms with van der Waals surface area (Å²) in [5, 5.41) is 0. The smallest absolute Gasteiger partial charge is 0.168 e. The van der Waals surface area contributed by atoms with Crippen LogP contribution >= 0.6 is 0 Å². The van der Waals surface area contributed by atoms with Crippen LogP contribution in [0.25, 0.3) is 11.1 Å². The van der Waals surface area contributed by atoms with E-state index in [-0.39, 0.29) is 0 Å². The van der Waals surface area contributed by atoms with Gasteiger partial charge in [-0.15, -0.1) is 0 Å². The molecule has 2 rings (SSSR count). The van der Waals surface area contributed by atoms with E-state index in [1.54, 1.807) is 28.4 Å². The minimum absolute atomic E-state index is 0.768. The Balaban J connectivity index is 1.85. The Labute approximate surface area is 309 Å². The average Bonchev–Trinajstić information content (AvgIpc) is 3.14. The van der Waals surface area contributed by atoms with Gasteiger partial charge in [-0.1, -0.05) is 180 Å². The van der Waals surface area contributed by atoms with E-state index in [0.29, 0.717) is 0 Å². The van der Waals surface area contributed by atoms with Crippen LogP contribution in [0, 0.1) is 0 Å². The van der Waals surface area contributed by atoms with Crippen LogP contribution in [0.2, 0.25) is 0 Å². The second kappa shape index (κ2) is 29.2. The molecule has 0 radical (unpaired) electrons. The quantitative estimate of drug-likeness (QED) is 0.0697.